The zero-order valence-electron chi connectivity index (χ0n) is 10.3. The Labute approximate surface area is 111 Å². The number of methoxy groups -OCH3 is 1. The van der Waals surface area contributed by atoms with E-state index in [1.165, 1.54) is 19.2 Å². The highest BCUT2D eigenvalue weighted by atomic mass is 32.2. The van der Waals surface area contributed by atoms with Crippen molar-refractivity contribution in [1.82, 2.24) is 0 Å². The van der Waals surface area contributed by atoms with Crippen molar-refractivity contribution in [3.05, 3.63) is 29.6 Å². The maximum Gasteiger partial charge on any atom is 0.235 e. The van der Waals surface area contributed by atoms with Crippen molar-refractivity contribution in [1.29, 1.82) is 0 Å². The van der Waals surface area contributed by atoms with E-state index in [-0.39, 0.29) is 23.6 Å². The summed E-state index contributed by atoms with van der Waals surface area (Å²) < 4.78 is 43.5. The lowest BCUT2D eigenvalue weighted by Crippen LogP contribution is -2.19. The van der Waals surface area contributed by atoms with E-state index in [2.05, 4.69) is 21.3 Å². The first-order valence-electron chi connectivity index (χ1n) is 5.37. The van der Waals surface area contributed by atoms with E-state index in [1.807, 2.05) is 0 Å². The van der Waals surface area contributed by atoms with E-state index in [0.717, 1.165) is 6.07 Å². The van der Waals surface area contributed by atoms with Gasteiger partial charge in [-0.25, -0.2) is 12.8 Å². The second-order valence-electron chi connectivity index (χ2n) is 3.57. The smallest absolute Gasteiger partial charge is 0.235 e. The van der Waals surface area contributed by atoms with Crippen molar-refractivity contribution in [3.8, 4) is 11.8 Å². The van der Waals surface area contributed by atoms with Crippen molar-refractivity contribution < 1.29 is 22.7 Å². The molecule has 0 fully saturated rings. The van der Waals surface area contributed by atoms with Crippen LogP contribution in [0.15, 0.2) is 18.2 Å². The number of benzene rings is 1. The minimum atomic E-state index is -3.54. The molecule has 0 radical (unpaired) electrons. The van der Waals surface area contributed by atoms with E-state index in [4.69, 9.17) is 5.11 Å². The summed E-state index contributed by atoms with van der Waals surface area (Å²) in [6, 6.07) is 3.67. The van der Waals surface area contributed by atoms with Crippen LogP contribution in [0, 0.1) is 17.7 Å². The van der Waals surface area contributed by atoms with Crippen LogP contribution >= 0.6 is 0 Å². The molecule has 19 heavy (non-hydrogen) atoms. The van der Waals surface area contributed by atoms with Gasteiger partial charge in [0, 0.05) is 12.8 Å². The summed E-state index contributed by atoms with van der Waals surface area (Å²) in [6.07, 6.45) is 0. The lowest BCUT2D eigenvalue weighted by Gasteiger charge is -2.08. The van der Waals surface area contributed by atoms with Crippen LogP contribution in [0.5, 0.6) is 0 Å². The molecule has 104 valence electrons. The number of ether oxygens (including phenoxy) is 1. The first-order valence-corrected chi connectivity index (χ1v) is 7.02. The molecule has 0 saturated heterocycles. The fourth-order valence-corrected chi connectivity index (χ4v) is 2.22. The average molecular weight is 287 g/mol. The number of hydrogen-bond donors (Lipinski definition) is 2. The molecule has 0 aliphatic carbocycles. The Kier molecular flexibility index (Phi) is 5.76. The van der Waals surface area contributed by atoms with Crippen LogP contribution in [0.1, 0.15) is 5.56 Å². The zero-order valence-corrected chi connectivity index (χ0v) is 11.1. The Hall–Kier alpha value is -1.62. The SMILES string of the molecule is COCCS(=O)(=O)Nc1ccc(F)c(C#CCO)c1. The number of aliphatic hydroxyl groups excluding tert-OH is 1. The van der Waals surface area contributed by atoms with Gasteiger partial charge >= 0.3 is 0 Å². The van der Waals surface area contributed by atoms with Crippen molar-refractivity contribution in [2.45, 2.75) is 0 Å². The Balaban J connectivity index is 2.91. The van der Waals surface area contributed by atoms with E-state index in [9.17, 15) is 12.8 Å². The molecule has 0 bridgehead atoms. The van der Waals surface area contributed by atoms with Crippen molar-refractivity contribution in [3.63, 3.8) is 0 Å². The highest BCUT2D eigenvalue weighted by Gasteiger charge is 2.11. The third-order valence-electron chi connectivity index (χ3n) is 2.10. The molecule has 0 amide bonds. The predicted molar refractivity (Wildman–Crippen MR) is 69.6 cm³/mol. The van der Waals surface area contributed by atoms with Gasteiger partial charge in [-0.15, -0.1) is 0 Å². The molecule has 2 N–H and O–H groups in total. The number of halogens is 1. The van der Waals surface area contributed by atoms with Crippen LogP contribution in [-0.4, -0.2) is 39.6 Å². The largest absolute Gasteiger partial charge is 0.384 e. The third kappa shape index (κ3) is 5.26. The molecule has 0 aromatic heterocycles. The summed E-state index contributed by atoms with van der Waals surface area (Å²) in [5, 5.41) is 8.55. The molecule has 0 unspecified atom stereocenters. The van der Waals surface area contributed by atoms with Crippen LogP contribution in [-0.2, 0) is 14.8 Å². The molecular formula is C12H14FNO4S. The molecule has 0 aliphatic heterocycles. The zero-order chi connectivity index (χ0) is 14.3. The van der Waals surface area contributed by atoms with E-state index in [1.54, 1.807) is 0 Å². The second kappa shape index (κ2) is 7.09. The number of rotatable bonds is 5. The second-order valence-corrected chi connectivity index (χ2v) is 5.41. The topological polar surface area (TPSA) is 75.6 Å². The van der Waals surface area contributed by atoms with Gasteiger partial charge in [0.25, 0.3) is 0 Å². The Bertz CT molecular complexity index is 589. The molecule has 1 aromatic carbocycles. The van der Waals surface area contributed by atoms with Gasteiger partial charge in [-0.1, -0.05) is 11.8 Å². The van der Waals surface area contributed by atoms with Gasteiger partial charge in [-0.05, 0) is 18.2 Å². The quantitative estimate of drug-likeness (QED) is 0.776. The minimum Gasteiger partial charge on any atom is -0.384 e. The fourth-order valence-electron chi connectivity index (χ4n) is 1.24. The van der Waals surface area contributed by atoms with Crippen molar-refractivity contribution in [2.24, 2.45) is 0 Å². The van der Waals surface area contributed by atoms with Crippen LogP contribution in [0.4, 0.5) is 10.1 Å². The Morgan fingerprint density at radius 3 is 2.84 bits per heavy atom. The molecule has 7 heteroatoms. The van der Waals surface area contributed by atoms with E-state index >= 15 is 0 Å². The van der Waals surface area contributed by atoms with Gasteiger partial charge in [0.2, 0.25) is 10.0 Å². The molecule has 0 atom stereocenters. The summed E-state index contributed by atoms with van der Waals surface area (Å²) in [5.41, 5.74) is 0.223. The maximum absolute atomic E-state index is 13.3. The van der Waals surface area contributed by atoms with E-state index in [0.29, 0.717) is 0 Å². The van der Waals surface area contributed by atoms with Crippen molar-refractivity contribution in [2.75, 3.05) is 30.8 Å². The predicted octanol–water partition coefficient (Wildman–Crippen LogP) is 0.558. The first kappa shape index (κ1) is 15.4. The van der Waals surface area contributed by atoms with E-state index < -0.39 is 22.4 Å². The molecule has 0 heterocycles. The van der Waals surface area contributed by atoms with Gasteiger partial charge in [0.1, 0.15) is 12.4 Å². The summed E-state index contributed by atoms with van der Waals surface area (Å²) in [7, 11) is -2.14. The number of nitrogens with one attached hydrogen (secondary N) is 1. The lowest BCUT2D eigenvalue weighted by atomic mass is 10.2. The highest BCUT2D eigenvalue weighted by Crippen LogP contribution is 2.15. The standard InChI is InChI=1S/C12H14FNO4S/c1-18-7-8-19(16,17)14-11-4-5-12(13)10(9-11)3-2-6-15/h4-5,9,14-15H,6-8H2,1H3. The average Bonchev–Trinajstić information content (AvgIpc) is 2.37. The van der Waals surface area contributed by atoms with Crippen LogP contribution in [0.3, 0.4) is 0 Å². The van der Waals surface area contributed by atoms with Crippen LogP contribution in [0.2, 0.25) is 0 Å². The van der Waals surface area contributed by atoms with Gasteiger partial charge in [-0.2, -0.15) is 0 Å². The summed E-state index contributed by atoms with van der Waals surface area (Å²) in [4.78, 5) is 0. The van der Waals surface area contributed by atoms with Gasteiger partial charge in [0.05, 0.1) is 17.9 Å². The molecule has 0 spiro atoms. The van der Waals surface area contributed by atoms with Gasteiger partial charge < -0.3 is 9.84 Å². The first-order chi connectivity index (χ1) is 8.98. The number of anilines is 1. The van der Waals surface area contributed by atoms with Gasteiger partial charge in [0.15, 0.2) is 0 Å². The normalized spacial score (nSPS) is 10.7. The number of aliphatic hydroxyl groups is 1. The fraction of sp³-hybridized carbons (Fsp3) is 0.333. The molecule has 1 rings (SSSR count). The van der Waals surface area contributed by atoms with Crippen LogP contribution < -0.4 is 4.72 Å². The Morgan fingerprint density at radius 2 is 2.21 bits per heavy atom. The minimum absolute atomic E-state index is 0.0148. The summed E-state index contributed by atoms with van der Waals surface area (Å²) in [6.45, 7) is -0.336. The monoisotopic (exact) mass is 287 g/mol. The summed E-state index contributed by atoms with van der Waals surface area (Å²) >= 11 is 0. The lowest BCUT2D eigenvalue weighted by molar-refractivity contribution is 0.217. The maximum atomic E-state index is 13.3. The summed E-state index contributed by atoms with van der Waals surface area (Å²) in [5.74, 6) is 3.92. The molecule has 5 nitrogen and oxygen atoms in total. The number of sulfonamides is 1. The molecule has 0 saturated carbocycles. The van der Waals surface area contributed by atoms with Crippen LogP contribution in [0.25, 0.3) is 0 Å². The molecule has 0 aliphatic rings. The molecule has 1 aromatic rings. The highest BCUT2D eigenvalue weighted by molar-refractivity contribution is 7.92. The Morgan fingerprint density at radius 1 is 1.47 bits per heavy atom. The molecular weight excluding hydrogens is 273 g/mol. The third-order valence-corrected chi connectivity index (χ3v) is 3.35. The van der Waals surface area contributed by atoms with Crippen molar-refractivity contribution >= 4 is 15.7 Å². The van der Waals surface area contributed by atoms with Gasteiger partial charge in [-0.3, -0.25) is 4.72 Å². The number of hydrogen-bond acceptors (Lipinski definition) is 4.